The minimum absolute atomic E-state index is 0.0568. The van der Waals surface area contributed by atoms with Gasteiger partial charge in [0.25, 0.3) is 0 Å². The Labute approximate surface area is 140 Å². The second kappa shape index (κ2) is 7.08. The van der Waals surface area contributed by atoms with Crippen LogP contribution in [0.5, 0.6) is 0 Å². The van der Waals surface area contributed by atoms with Gasteiger partial charge in [-0.15, -0.1) is 10.2 Å². The molecule has 0 atom stereocenters. The molecule has 0 unspecified atom stereocenters. The summed E-state index contributed by atoms with van der Waals surface area (Å²) in [6.07, 6.45) is 1.74. The van der Waals surface area contributed by atoms with Crippen molar-refractivity contribution in [2.75, 3.05) is 23.3 Å². The molecule has 1 aromatic carbocycles. The van der Waals surface area contributed by atoms with Crippen molar-refractivity contribution in [1.82, 2.24) is 10.2 Å². The number of hydrogen-bond acceptors (Lipinski definition) is 5. The van der Waals surface area contributed by atoms with E-state index in [1.54, 1.807) is 0 Å². The second-order valence-electron chi connectivity index (χ2n) is 6.19. The number of nitrogens with one attached hydrogen (secondary N) is 1. The average Bonchev–Trinajstić information content (AvgIpc) is 3.04. The van der Waals surface area contributed by atoms with Crippen LogP contribution in [0.2, 0.25) is 0 Å². The van der Waals surface area contributed by atoms with Gasteiger partial charge in [0.1, 0.15) is 5.01 Å². The van der Waals surface area contributed by atoms with Crippen LogP contribution in [0.3, 0.4) is 0 Å². The van der Waals surface area contributed by atoms with Crippen molar-refractivity contribution in [3.63, 3.8) is 0 Å². The molecule has 1 aliphatic rings. The number of nitrogens with zero attached hydrogens (tertiary/aromatic N) is 3. The maximum Gasteiger partial charge on any atom is 0.229 e. The summed E-state index contributed by atoms with van der Waals surface area (Å²) in [4.78, 5) is 14.7. The molecule has 1 N–H and O–H groups in total. The van der Waals surface area contributed by atoms with Crippen molar-refractivity contribution < 1.29 is 4.79 Å². The standard InChI is InChI=1S/C17H22N4OS/c1-12(2)16-19-20-17(23-16)18-15(22)13-8-10-21(11-9-13)14-6-4-3-5-7-14/h3-7,12-13H,8-11H2,1-2H3,(H,18,20,22). The molecule has 0 radical (unpaired) electrons. The molecule has 0 bridgehead atoms. The lowest BCUT2D eigenvalue weighted by atomic mass is 9.95. The first-order valence-corrected chi connectivity index (χ1v) is 8.89. The fourth-order valence-corrected chi connectivity index (χ4v) is 3.51. The molecule has 2 heterocycles. The minimum Gasteiger partial charge on any atom is -0.371 e. The molecule has 6 heteroatoms. The highest BCUT2D eigenvalue weighted by molar-refractivity contribution is 7.15. The number of hydrogen-bond donors (Lipinski definition) is 1. The third-order valence-electron chi connectivity index (χ3n) is 4.15. The first-order chi connectivity index (χ1) is 11.1. The van der Waals surface area contributed by atoms with Crippen molar-refractivity contribution in [3.05, 3.63) is 35.3 Å². The number of anilines is 2. The van der Waals surface area contributed by atoms with Crippen LogP contribution in [0.1, 0.15) is 37.6 Å². The van der Waals surface area contributed by atoms with Crippen LogP contribution >= 0.6 is 11.3 Å². The lowest BCUT2D eigenvalue weighted by Crippen LogP contribution is -2.38. The fraction of sp³-hybridized carbons (Fsp3) is 0.471. The van der Waals surface area contributed by atoms with Gasteiger partial charge in [-0.3, -0.25) is 4.79 Å². The third kappa shape index (κ3) is 3.88. The summed E-state index contributed by atoms with van der Waals surface area (Å²) in [7, 11) is 0. The summed E-state index contributed by atoms with van der Waals surface area (Å²) >= 11 is 1.47. The number of piperidine rings is 1. The number of rotatable bonds is 4. The first kappa shape index (κ1) is 15.9. The fourth-order valence-electron chi connectivity index (χ4n) is 2.76. The van der Waals surface area contributed by atoms with Gasteiger partial charge in [0.15, 0.2) is 0 Å². The maximum atomic E-state index is 12.4. The zero-order chi connectivity index (χ0) is 16.2. The largest absolute Gasteiger partial charge is 0.371 e. The van der Waals surface area contributed by atoms with Gasteiger partial charge < -0.3 is 10.2 Å². The van der Waals surface area contributed by atoms with Gasteiger partial charge in [0, 0.05) is 30.6 Å². The summed E-state index contributed by atoms with van der Waals surface area (Å²) in [6.45, 7) is 5.97. The van der Waals surface area contributed by atoms with Crippen LogP contribution in [-0.2, 0) is 4.79 Å². The van der Waals surface area contributed by atoms with E-state index < -0.39 is 0 Å². The zero-order valence-electron chi connectivity index (χ0n) is 13.5. The number of aromatic nitrogens is 2. The second-order valence-corrected chi connectivity index (χ2v) is 7.20. The van der Waals surface area contributed by atoms with Gasteiger partial charge in [-0.1, -0.05) is 43.4 Å². The monoisotopic (exact) mass is 330 g/mol. The van der Waals surface area contributed by atoms with Crippen LogP contribution in [0.4, 0.5) is 10.8 Å². The predicted octanol–water partition coefficient (Wildman–Crippen LogP) is 3.52. The molecule has 0 spiro atoms. The van der Waals surface area contributed by atoms with E-state index in [0.29, 0.717) is 11.0 Å². The van der Waals surface area contributed by atoms with E-state index in [0.717, 1.165) is 30.9 Å². The van der Waals surface area contributed by atoms with Crippen LogP contribution < -0.4 is 10.2 Å². The number of carbonyl (C=O) groups excluding carboxylic acids is 1. The highest BCUT2D eigenvalue weighted by Gasteiger charge is 2.26. The van der Waals surface area contributed by atoms with Crippen LogP contribution in [0.25, 0.3) is 0 Å². The van der Waals surface area contributed by atoms with E-state index in [1.807, 2.05) is 6.07 Å². The van der Waals surface area contributed by atoms with Crippen molar-refractivity contribution >= 4 is 28.1 Å². The SMILES string of the molecule is CC(C)c1nnc(NC(=O)C2CCN(c3ccccc3)CC2)s1. The Morgan fingerprint density at radius 2 is 1.91 bits per heavy atom. The van der Waals surface area contributed by atoms with E-state index in [4.69, 9.17) is 0 Å². The summed E-state index contributed by atoms with van der Waals surface area (Å²) in [5, 5.41) is 12.7. The molecule has 23 heavy (non-hydrogen) atoms. The smallest absolute Gasteiger partial charge is 0.229 e. The highest BCUT2D eigenvalue weighted by Crippen LogP contribution is 2.26. The van der Waals surface area contributed by atoms with E-state index in [1.165, 1.54) is 17.0 Å². The Balaban J connectivity index is 1.53. The van der Waals surface area contributed by atoms with E-state index in [2.05, 4.69) is 58.5 Å². The quantitative estimate of drug-likeness (QED) is 0.932. The van der Waals surface area contributed by atoms with Crippen LogP contribution in [0, 0.1) is 5.92 Å². The summed E-state index contributed by atoms with van der Waals surface area (Å²) in [5.41, 5.74) is 1.23. The molecule has 1 amide bonds. The third-order valence-corrected chi connectivity index (χ3v) is 5.29. The average molecular weight is 330 g/mol. The highest BCUT2D eigenvalue weighted by atomic mass is 32.1. The molecule has 1 aromatic heterocycles. The molecule has 2 aromatic rings. The summed E-state index contributed by atoms with van der Waals surface area (Å²) < 4.78 is 0. The van der Waals surface area contributed by atoms with Gasteiger partial charge in [-0.05, 0) is 25.0 Å². The molecule has 3 rings (SSSR count). The normalized spacial score (nSPS) is 15.9. The first-order valence-electron chi connectivity index (χ1n) is 8.07. The van der Waals surface area contributed by atoms with Gasteiger partial charge in [0.2, 0.25) is 11.0 Å². The molecule has 1 saturated heterocycles. The van der Waals surface area contributed by atoms with E-state index >= 15 is 0 Å². The van der Waals surface area contributed by atoms with Crippen LogP contribution in [-0.4, -0.2) is 29.2 Å². The lowest BCUT2D eigenvalue weighted by molar-refractivity contribution is -0.120. The molecule has 1 fully saturated rings. The molecular weight excluding hydrogens is 308 g/mol. The predicted molar refractivity (Wildman–Crippen MR) is 94.0 cm³/mol. The van der Waals surface area contributed by atoms with Crippen LogP contribution in [0.15, 0.2) is 30.3 Å². The maximum absolute atomic E-state index is 12.4. The Bertz CT molecular complexity index is 648. The Morgan fingerprint density at radius 1 is 1.22 bits per heavy atom. The number of amides is 1. The molecular formula is C17H22N4OS. The van der Waals surface area contributed by atoms with E-state index in [-0.39, 0.29) is 11.8 Å². The topological polar surface area (TPSA) is 58.1 Å². The molecule has 122 valence electrons. The minimum atomic E-state index is 0.0568. The lowest BCUT2D eigenvalue weighted by Gasteiger charge is -2.32. The Morgan fingerprint density at radius 3 is 2.52 bits per heavy atom. The Hall–Kier alpha value is -1.95. The molecule has 1 aliphatic heterocycles. The van der Waals surface area contributed by atoms with Gasteiger partial charge in [-0.2, -0.15) is 0 Å². The molecule has 5 nitrogen and oxygen atoms in total. The van der Waals surface area contributed by atoms with Crippen molar-refractivity contribution in [3.8, 4) is 0 Å². The van der Waals surface area contributed by atoms with Gasteiger partial charge in [-0.25, -0.2) is 0 Å². The number of carbonyl (C=O) groups is 1. The van der Waals surface area contributed by atoms with Crippen molar-refractivity contribution in [1.29, 1.82) is 0 Å². The van der Waals surface area contributed by atoms with Crippen molar-refractivity contribution in [2.45, 2.75) is 32.6 Å². The molecule has 0 aliphatic carbocycles. The summed E-state index contributed by atoms with van der Waals surface area (Å²) in [5.74, 6) is 0.470. The van der Waals surface area contributed by atoms with E-state index in [9.17, 15) is 4.79 Å². The van der Waals surface area contributed by atoms with Gasteiger partial charge >= 0.3 is 0 Å². The number of benzene rings is 1. The van der Waals surface area contributed by atoms with Crippen molar-refractivity contribution in [2.24, 2.45) is 5.92 Å². The van der Waals surface area contributed by atoms with Gasteiger partial charge in [0.05, 0.1) is 0 Å². The number of para-hydroxylation sites is 1. The zero-order valence-corrected chi connectivity index (χ0v) is 14.3. The summed E-state index contributed by atoms with van der Waals surface area (Å²) in [6, 6.07) is 10.4. The Kier molecular flexibility index (Phi) is 4.91. The molecule has 0 saturated carbocycles.